The van der Waals surface area contributed by atoms with Gasteiger partial charge in [0.25, 0.3) is 5.91 Å². The van der Waals surface area contributed by atoms with Crippen LogP contribution in [-0.4, -0.2) is 10.9 Å². The van der Waals surface area contributed by atoms with Crippen LogP contribution in [0.1, 0.15) is 10.4 Å². The lowest BCUT2D eigenvalue weighted by molar-refractivity contribution is 0.102. The van der Waals surface area contributed by atoms with Crippen molar-refractivity contribution in [3.63, 3.8) is 0 Å². The summed E-state index contributed by atoms with van der Waals surface area (Å²) in [5.41, 5.74) is 0.317. The quantitative estimate of drug-likeness (QED) is 0.908. The van der Waals surface area contributed by atoms with Gasteiger partial charge in [-0.15, -0.1) is 0 Å². The smallest absolute Gasteiger partial charge is 0.257 e. The van der Waals surface area contributed by atoms with Gasteiger partial charge in [-0.2, -0.15) is 0 Å². The van der Waals surface area contributed by atoms with Gasteiger partial charge in [0.05, 0.1) is 16.3 Å². The van der Waals surface area contributed by atoms with Crippen LogP contribution in [0.4, 0.5) is 10.1 Å². The lowest BCUT2D eigenvalue weighted by Crippen LogP contribution is -2.14. The summed E-state index contributed by atoms with van der Waals surface area (Å²) in [6.07, 6.45) is 2.80. The number of para-hydroxylation sites is 1. The number of pyridine rings is 1. The summed E-state index contributed by atoms with van der Waals surface area (Å²) in [6.45, 7) is 0. The zero-order chi connectivity index (χ0) is 13.1. The summed E-state index contributed by atoms with van der Waals surface area (Å²) in [4.78, 5) is 15.7. The van der Waals surface area contributed by atoms with Crippen LogP contribution < -0.4 is 5.32 Å². The molecule has 0 aliphatic rings. The maximum Gasteiger partial charge on any atom is 0.257 e. The van der Waals surface area contributed by atoms with Gasteiger partial charge in [-0.3, -0.25) is 9.78 Å². The van der Waals surface area contributed by atoms with Gasteiger partial charge in [0.15, 0.2) is 0 Å². The number of aromatic nitrogens is 1. The van der Waals surface area contributed by atoms with Crippen molar-refractivity contribution in [2.75, 3.05) is 5.32 Å². The topological polar surface area (TPSA) is 42.0 Å². The molecule has 18 heavy (non-hydrogen) atoms. The molecule has 0 unspecified atom stereocenters. The highest BCUT2D eigenvalue weighted by Gasteiger charge is 2.14. The fourth-order valence-corrected chi connectivity index (χ4v) is 2.00. The zero-order valence-corrected chi connectivity index (χ0v) is 11.3. The zero-order valence-electron chi connectivity index (χ0n) is 8.95. The first kappa shape index (κ1) is 13.0. The van der Waals surface area contributed by atoms with Gasteiger partial charge < -0.3 is 5.32 Å². The van der Waals surface area contributed by atoms with Gasteiger partial charge in [0.2, 0.25) is 0 Å². The van der Waals surface area contributed by atoms with Crippen LogP contribution in [-0.2, 0) is 0 Å². The monoisotopic (exact) mass is 328 g/mol. The van der Waals surface area contributed by atoms with Crippen molar-refractivity contribution in [1.82, 2.24) is 4.98 Å². The number of carbonyl (C=O) groups excluding carboxylic acids is 1. The number of hydrogen-bond acceptors (Lipinski definition) is 2. The molecule has 0 spiro atoms. The first-order valence-corrected chi connectivity index (χ1v) is 6.11. The maximum absolute atomic E-state index is 13.5. The van der Waals surface area contributed by atoms with Gasteiger partial charge >= 0.3 is 0 Å². The van der Waals surface area contributed by atoms with Crippen molar-refractivity contribution in [3.05, 3.63) is 57.5 Å². The summed E-state index contributed by atoms with van der Waals surface area (Å²) in [5, 5.41) is 2.67. The highest BCUT2D eigenvalue weighted by Crippen LogP contribution is 2.26. The van der Waals surface area contributed by atoms with Gasteiger partial charge in [0.1, 0.15) is 5.82 Å². The highest BCUT2D eigenvalue weighted by atomic mass is 79.9. The third-order valence-electron chi connectivity index (χ3n) is 2.22. The summed E-state index contributed by atoms with van der Waals surface area (Å²) in [5.74, 6) is -1.02. The lowest BCUT2D eigenvalue weighted by atomic mass is 10.2. The Bertz CT molecular complexity index is 586. The first-order valence-electron chi connectivity index (χ1n) is 4.94. The number of rotatable bonds is 2. The first-order chi connectivity index (χ1) is 8.59. The lowest BCUT2D eigenvalue weighted by Gasteiger charge is -2.09. The van der Waals surface area contributed by atoms with Crippen LogP contribution in [0.25, 0.3) is 0 Å². The molecule has 6 heteroatoms. The van der Waals surface area contributed by atoms with E-state index < -0.39 is 11.7 Å². The van der Waals surface area contributed by atoms with Crippen LogP contribution in [0.3, 0.4) is 0 Å². The Morgan fingerprint density at radius 2 is 2.17 bits per heavy atom. The fourth-order valence-electron chi connectivity index (χ4n) is 1.36. The van der Waals surface area contributed by atoms with Crippen molar-refractivity contribution >= 4 is 39.1 Å². The van der Waals surface area contributed by atoms with Crippen molar-refractivity contribution < 1.29 is 9.18 Å². The Kier molecular flexibility index (Phi) is 3.93. The number of halogens is 3. The van der Waals surface area contributed by atoms with E-state index in [1.54, 1.807) is 6.07 Å². The molecule has 0 aliphatic carbocycles. The number of nitrogens with one attached hydrogen (secondary N) is 1. The van der Waals surface area contributed by atoms with E-state index >= 15 is 0 Å². The average molecular weight is 330 g/mol. The van der Waals surface area contributed by atoms with Crippen molar-refractivity contribution in [2.24, 2.45) is 0 Å². The molecule has 92 valence electrons. The minimum atomic E-state index is -0.525. The second-order valence-corrected chi connectivity index (χ2v) is 4.67. The number of nitrogens with zero attached hydrogens (tertiary/aromatic N) is 1. The van der Waals surface area contributed by atoms with E-state index in [0.717, 1.165) is 0 Å². The largest absolute Gasteiger partial charge is 0.318 e. The summed E-state index contributed by atoms with van der Waals surface area (Å²) in [6, 6.07) is 5.89. The summed E-state index contributed by atoms with van der Waals surface area (Å²) >= 11 is 9.00. The normalized spacial score (nSPS) is 10.2. The van der Waals surface area contributed by atoms with E-state index in [2.05, 4.69) is 26.2 Å². The van der Waals surface area contributed by atoms with Gasteiger partial charge in [-0.1, -0.05) is 17.7 Å². The van der Waals surface area contributed by atoms with Crippen LogP contribution >= 0.6 is 27.5 Å². The molecule has 1 aromatic heterocycles. The third-order valence-corrected chi connectivity index (χ3v) is 3.18. The van der Waals surface area contributed by atoms with E-state index in [4.69, 9.17) is 11.6 Å². The molecule has 0 aliphatic heterocycles. The molecule has 0 saturated carbocycles. The summed E-state index contributed by atoms with van der Waals surface area (Å²) < 4.78 is 14.0. The molecule has 2 aromatic rings. The van der Waals surface area contributed by atoms with Gasteiger partial charge in [0, 0.05) is 16.9 Å². The molecule has 0 fully saturated rings. The van der Waals surface area contributed by atoms with Crippen molar-refractivity contribution in [1.29, 1.82) is 0 Å². The molecule has 3 nitrogen and oxygen atoms in total. The highest BCUT2D eigenvalue weighted by molar-refractivity contribution is 9.10. The Morgan fingerprint density at radius 1 is 1.39 bits per heavy atom. The molecule has 2 rings (SSSR count). The van der Waals surface area contributed by atoms with E-state index in [9.17, 15) is 9.18 Å². The predicted octanol–water partition coefficient (Wildman–Crippen LogP) is 3.89. The van der Waals surface area contributed by atoms with Crippen molar-refractivity contribution in [2.45, 2.75) is 0 Å². The average Bonchev–Trinajstić information content (AvgIpc) is 2.34. The second-order valence-electron chi connectivity index (χ2n) is 3.41. The van der Waals surface area contributed by atoms with Crippen LogP contribution in [0, 0.1) is 5.82 Å². The molecule has 1 heterocycles. The molecule has 0 atom stereocenters. The van der Waals surface area contributed by atoms with Gasteiger partial charge in [-0.25, -0.2) is 4.39 Å². The van der Waals surface area contributed by atoms with Crippen LogP contribution in [0.5, 0.6) is 0 Å². The molecule has 1 N–H and O–H groups in total. The van der Waals surface area contributed by atoms with Crippen molar-refractivity contribution in [3.8, 4) is 0 Å². The molecule has 0 radical (unpaired) electrons. The minimum Gasteiger partial charge on any atom is -0.318 e. The van der Waals surface area contributed by atoms with Gasteiger partial charge in [-0.05, 0) is 34.1 Å². The SMILES string of the molecule is O=C(Nc1c(F)cccc1Br)c1ccncc1Cl. The predicted molar refractivity (Wildman–Crippen MR) is 71.3 cm³/mol. The van der Waals surface area contributed by atoms with E-state index in [-0.39, 0.29) is 16.3 Å². The fraction of sp³-hybridized carbons (Fsp3) is 0. The molecule has 1 aromatic carbocycles. The molecule has 0 bridgehead atoms. The van der Waals surface area contributed by atoms with Crippen LogP contribution in [0.2, 0.25) is 5.02 Å². The molecule has 0 saturated heterocycles. The minimum absolute atomic E-state index is 0.0791. The number of anilines is 1. The molecular formula is C12H7BrClFN2O. The third kappa shape index (κ3) is 2.68. The second kappa shape index (κ2) is 5.46. The Hall–Kier alpha value is -1.46. The molecule has 1 amide bonds. The Balaban J connectivity index is 2.30. The Labute approximate surface area is 116 Å². The number of carbonyl (C=O) groups is 1. The van der Waals surface area contributed by atoms with Crippen LogP contribution in [0.15, 0.2) is 41.1 Å². The molecular weight excluding hydrogens is 322 g/mol. The van der Waals surface area contributed by atoms with E-state index in [0.29, 0.717) is 4.47 Å². The van der Waals surface area contributed by atoms with E-state index in [1.807, 2.05) is 0 Å². The number of hydrogen-bond donors (Lipinski definition) is 1. The maximum atomic E-state index is 13.5. The standard InChI is InChI=1S/C12H7BrClFN2O/c13-8-2-1-3-10(15)11(8)17-12(18)7-4-5-16-6-9(7)14/h1-6H,(H,17,18). The summed E-state index contributed by atoms with van der Waals surface area (Å²) in [7, 11) is 0. The number of amides is 1. The Morgan fingerprint density at radius 3 is 2.83 bits per heavy atom. The number of benzene rings is 1. The van der Waals surface area contributed by atoms with E-state index in [1.165, 1.54) is 30.6 Å².